The molecule has 7 heteroatoms. The number of amides is 1. The van der Waals surface area contributed by atoms with E-state index in [9.17, 15) is 4.79 Å². The van der Waals surface area contributed by atoms with E-state index >= 15 is 0 Å². The number of benzene rings is 1. The van der Waals surface area contributed by atoms with E-state index in [0.29, 0.717) is 22.5 Å². The summed E-state index contributed by atoms with van der Waals surface area (Å²) in [4.78, 5) is 12.1. The van der Waals surface area contributed by atoms with Gasteiger partial charge in [-0.1, -0.05) is 35.3 Å². The Bertz CT molecular complexity index is 710. The van der Waals surface area contributed by atoms with Crippen LogP contribution in [0.25, 0.3) is 0 Å². The first-order valence-electron chi connectivity index (χ1n) is 8.07. The van der Waals surface area contributed by atoms with Crippen molar-refractivity contribution in [3.05, 3.63) is 51.8 Å². The number of nitrogens with one attached hydrogen (secondary N) is 2. The van der Waals surface area contributed by atoms with Crippen LogP contribution >= 0.6 is 23.2 Å². The Morgan fingerprint density at radius 3 is 3.04 bits per heavy atom. The van der Waals surface area contributed by atoms with E-state index in [1.54, 1.807) is 10.7 Å². The van der Waals surface area contributed by atoms with Crippen molar-refractivity contribution in [3.63, 3.8) is 0 Å². The lowest BCUT2D eigenvalue weighted by molar-refractivity contribution is -0.122. The number of carbonyl (C=O) groups is 1. The zero-order valence-electron chi connectivity index (χ0n) is 13.3. The fraction of sp³-hybridized carbons (Fsp3) is 0.412. The van der Waals surface area contributed by atoms with Gasteiger partial charge in [0.25, 0.3) is 0 Å². The average Bonchev–Trinajstić information content (AvgIpc) is 3.05. The van der Waals surface area contributed by atoms with Gasteiger partial charge in [-0.25, -0.2) is 0 Å². The van der Waals surface area contributed by atoms with Gasteiger partial charge in [0, 0.05) is 25.2 Å². The van der Waals surface area contributed by atoms with Gasteiger partial charge < -0.3 is 10.6 Å². The largest absolute Gasteiger partial charge is 0.350 e. The lowest BCUT2D eigenvalue weighted by atomic mass is 9.97. The fourth-order valence-electron chi connectivity index (χ4n) is 2.87. The van der Waals surface area contributed by atoms with Crippen molar-refractivity contribution in [2.24, 2.45) is 0 Å². The number of nitrogens with zero attached hydrogens (tertiary/aromatic N) is 2. The Labute approximate surface area is 151 Å². The second-order valence-corrected chi connectivity index (χ2v) is 6.76. The molecule has 1 aliphatic heterocycles. The van der Waals surface area contributed by atoms with E-state index in [4.69, 9.17) is 23.2 Å². The predicted octanol–water partition coefficient (Wildman–Crippen LogP) is 2.97. The molecule has 1 aromatic carbocycles. The molecule has 1 aliphatic rings. The van der Waals surface area contributed by atoms with Crippen LogP contribution in [0.5, 0.6) is 0 Å². The molecule has 1 fully saturated rings. The van der Waals surface area contributed by atoms with Gasteiger partial charge in [0.2, 0.25) is 5.91 Å². The first-order chi connectivity index (χ1) is 11.6. The molecule has 24 heavy (non-hydrogen) atoms. The first kappa shape index (κ1) is 17.3. The number of rotatable bonds is 5. The van der Waals surface area contributed by atoms with Gasteiger partial charge in [-0.3, -0.25) is 9.48 Å². The molecule has 1 unspecified atom stereocenters. The van der Waals surface area contributed by atoms with Crippen LogP contribution < -0.4 is 10.6 Å². The highest BCUT2D eigenvalue weighted by Gasteiger charge is 2.17. The predicted molar refractivity (Wildman–Crippen MR) is 95.4 cm³/mol. The van der Waals surface area contributed by atoms with Gasteiger partial charge in [-0.15, -0.1) is 0 Å². The quantitative estimate of drug-likeness (QED) is 0.854. The molecule has 0 radical (unpaired) electrons. The molecule has 2 aromatic rings. The van der Waals surface area contributed by atoms with E-state index < -0.39 is 0 Å². The zero-order chi connectivity index (χ0) is 16.9. The normalized spacial score (nSPS) is 17.7. The summed E-state index contributed by atoms with van der Waals surface area (Å²) in [5, 5.41) is 11.7. The van der Waals surface area contributed by atoms with Gasteiger partial charge in [-0.2, -0.15) is 5.10 Å². The van der Waals surface area contributed by atoms with Crippen molar-refractivity contribution in [1.29, 1.82) is 0 Å². The van der Waals surface area contributed by atoms with E-state index in [2.05, 4.69) is 15.7 Å². The standard InChI is InChI=1S/C17H20Cl2N4O/c18-14-5-1-3-13(17(14)19)10-21-16(24)11-23-8-6-15(22-23)12-4-2-7-20-9-12/h1,3,5-6,8,12,20H,2,4,7,9-11H2,(H,21,24). The second-order valence-electron chi connectivity index (χ2n) is 5.97. The first-order valence-corrected chi connectivity index (χ1v) is 8.83. The average molecular weight is 367 g/mol. The maximum Gasteiger partial charge on any atom is 0.241 e. The Kier molecular flexibility index (Phi) is 5.76. The summed E-state index contributed by atoms with van der Waals surface area (Å²) in [6, 6.07) is 7.38. The summed E-state index contributed by atoms with van der Waals surface area (Å²) in [5.74, 6) is 0.329. The fourth-order valence-corrected chi connectivity index (χ4v) is 3.26. The maximum absolute atomic E-state index is 12.1. The van der Waals surface area contributed by atoms with Crippen LogP contribution in [0.4, 0.5) is 0 Å². The number of hydrogen-bond donors (Lipinski definition) is 2. The molecule has 0 aliphatic carbocycles. The van der Waals surface area contributed by atoms with Crippen molar-refractivity contribution in [3.8, 4) is 0 Å². The molecular weight excluding hydrogens is 347 g/mol. The van der Waals surface area contributed by atoms with Crippen LogP contribution in [0.2, 0.25) is 10.0 Å². The number of carbonyl (C=O) groups excluding carboxylic acids is 1. The van der Waals surface area contributed by atoms with E-state index in [0.717, 1.165) is 30.8 Å². The number of halogens is 2. The molecule has 1 atom stereocenters. The third kappa shape index (κ3) is 4.29. The van der Waals surface area contributed by atoms with Crippen molar-refractivity contribution in [2.45, 2.75) is 31.8 Å². The van der Waals surface area contributed by atoms with Crippen LogP contribution in [0.3, 0.4) is 0 Å². The maximum atomic E-state index is 12.1. The van der Waals surface area contributed by atoms with E-state index in [-0.39, 0.29) is 12.5 Å². The summed E-state index contributed by atoms with van der Waals surface area (Å²) in [5.41, 5.74) is 1.85. The van der Waals surface area contributed by atoms with Gasteiger partial charge in [0.15, 0.2) is 0 Å². The third-order valence-electron chi connectivity index (χ3n) is 4.19. The van der Waals surface area contributed by atoms with Crippen LogP contribution in [-0.2, 0) is 17.9 Å². The number of aromatic nitrogens is 2. The molecule has 1 aromatic heterocycles. The van der Waals surface area contributed by atoms with Crippen LogP contribution in [0.1, 0.15) is 30.0 Å². The van der Waals surface area contributed by atoms with Crippen molar-refractivity contribution < 1.29 is 4.79 Å². The minimum Gasteiger partial charge on any atom is -0.350 e. The van der Waals surface area contributed by atoms with Crippen molar-refractivity contribution in [2.75, 3.05) is 13.1 Å². The number of piperidine rings is 1. The molecule has 5 nitrogen and oxygen atoms in total. The van der Waals surface area contributed by atoms with Gasteiger partial charge in [-0.05, 0) is 37.1 Å². The number of hydrogen-bond acceptors (Lipinski definition) is 3. The summed E-state index contributed by atoms with van der Waals surface area (Å²) >= 11 is 12.1. The van der Waals surface area contributed by atoms with Crippen LogP contribution in [0.15, 0.2) is 30.5 Å². The minimum absolute atomic E-state index is 0.109. The molecule has 2 heterocycles. The lowest BCUT2D eigenvalue weighted by Gasteiger charge is -2.20. The van der Waals surface area contributed by atoms with Crippen molar-refractivity contribution in [1.82, 2.24) is 20.4 Å². The Balaban J connectivity index is 1.53. The topological polar surface area (TPSA) is 59.0 Å². The summed E-state index contributed by atoms with van der Waals surface area (Å²) < 4.78 is 1.68. The SMILES string of the molecule is O=C(Cn1ccc(C2CCCNC2)n1)NCc1cccc(Cl)c1Cl. The smallest absolute Gasteiger partial charge is 0.241 e. The summed E-state index contributed by atoms with van der Waals surface area (Å²) in [6.07, 6.45) is 4.16. The molecule has 2 N–H and O–H groups in total. The van der Waals surface area contributed by atoms with E-state index in [1.807, 2.05) is 24.4 Å². The second kappa shape index (κ2) is 8.01. The molecular formula is C17H20Cl2N4O. The molecule has 128 valence electrons. The zero-order valence-corrected chi connectivity index (χ0v) is 14.8. The van der Waals surface area contributed by atoms with Gasteiger partial charge in [0.05, 0.1) is 15.7 Å². The molecule has 0 spiro atoms. The lowest BCUT2D eigenvalue weighted by Crippen LogP contribution is -2.29. The van der Waals surface area contributed by atoms with Gasteiger partial charge >= 0.3 is 0 Å². The highest BCUT2D eigenvalue weighted by atomic mass is 35.5. The Morgan fingerprint density at radius 1 is 1.38 bits per heavy atom. The highest BCUT2D eigenvalue weighted by molar-refractivity contribution is 6.42. The molecule has 0 bridgehead atoms. The molecule has 1 amide bonds. The Morgan fingerprint density at radius 2 is 2.25 bits per heavy atom. The monoisotopic (exact) mass is 366 g/mol. The molecule has 1 saturated heterocycles. The van der Waals surface area contributed by atoms with E-state index in [1.165, 1.54) is 6.42 Å². The molecule has 0 saturated carbocycles. The van der Waals surface area contributed by atoms with Crippen molar-refractivity contribution >= 4 is 29.1 Å². The summed E-state index contributed by atoms with van der Waals surface area (Å²) in [6.45, 7) is 2.57. The van der Waals surface area contributed by atoms with Gasteiger partial charge in [0.1, 0.15) is 6.54 Å². The highest BCUT2D eigenvalue weighted by Crippen LogP contribution is 2.25. The summed E-state index contributed by atoms with van der Waals surface area (Å²) in [7, 11) is 0. The molecule has 3 rings (SSSR count). The van der Waals surface area contributed by atoms with Crippen LogP contribution in [-0.4, -0.2) is 28.8 Å². The van der Waals surface area contributed by atoms with Crippen LogP contribution in [0, 0.1) is 0 Å². The third-order valence-corrected chi connectivity index (χ3v) is 5.05. The Hall–Kier alpha value is -1.56. The minimum atomic E-state index is -0.109.